The van der Waals surface area contributed by atoms with Crippen LogP contribution in [0.4, 0.5) is 0 Å². The summed E-state index contributed by atoms with van der Waals surface area (Å²) >= 11 is 1.87. The highest BCUT2D eigenvalue weighted by Crippen LogP contribution is 2.27. The second-order valence-electron chi connectivity index (χ2n) is 6.36. The summed E-state index contributed by atoms with van der Waals surface area (Å²) in [4.78, 5) is 19.1. The third-order valence-corrected chi connectivity index (χ3v) is 5.63. The van der Waals surface area contributed by atoms with E-state index >= 15 is 0 Å². The van der Waals surface area contributed by atoms with Gasteiger partial charge in [-0.15, -0.1) is 5.10 Å². The van der Waals surface area contributed by atoms with E-state index in [9.17, 15) is 4.79 Å². The maximum Gasteiger partial charge on any atom is 0.276 e. The van der Waals surface area contributed by atoms with E-state index in [2.05, 4.69) is 34.4 Å². The molecule has 0 radical (unpaired) electrons. The van der Waals surface area contributed by atoms with E-state index in [1.54, 1.807) is 17.1 Å². The number of aromatic nitrogens is 4. The predicted molar refractivity (Wildman–Crippen MR) is 107 cm³/mol. The summed E-state index contributed by atoms with van der Waals surface area (Å²) in [5.74, 6) is 1.87. The van der Waals surface area contributed by atoms with Crippen molar-refractivity contribution in [2.24, 2.45) is 0 Å². The van der Waals surface area contributed by atoms with Crippen molar-refractivity contribution in [3.05, 3.63) is 60.0 Å². The first-order valence-electron chi connectivity index (χ1n) is 9.10. The van der Waals surface area contributed by atoms with Crippen LogP contribution in [0, 0.1) is 0 Å². The molecule has 1 saturated heterocycles. The molecule has 4 rings (SSSR count). The van der Waals surface area contributed by atoms with Crippen molar-refractivity contribution in [2.75, 3.05) is 24.6 Å². The summed E-state index contributed by atoms with van der Waals surface area (Å²) in [6, 6.07) is 12.0. The summed E-state index contributed by atoms with van der Waals surface area (Å²) < 4.78 is 1.76. The second-order valence-corrected chi connectivity index (χ2v) is 7.59. The number of aryl methyl sites for hydroxylation is 1. The molecular formula is C20H21N5OS. The molecule has 3 heterocycles. The fourth-order valence-electron chi connectivity index (χ4n) is 3.20. The number of carbonyl (C=O) groups is 1. The number of hydrogen-bond acceptors (Lipinski definition) is 5. The number of rotatable bonds is 4. The van der Waals surface area contributed by atoms with Gasteiger partial charge >= 0.3 is 0 Å². The Bertz CT molecular complexity index is 935. The number of pyridine rings is 1. The lowest BCUT2D eigenvalue weighted by Crippen LogP contribution is -2.38. The van der Waals surface area contributed by atoms with E-state index < -0.39 is 0 Å². The Balaban J connectivity index is 1.82. The van der Waals surface area contributed by atoms with Gasteiger partial charge in [0.25, 0.3) is 5.91 Å². The van der Waals surface area contributed by atoms with Crippen LogP contribution < -0.4 is 0 Å². The maximum absolute atomic E-state index is 13.1. The third-order valence-electron chi connectivity index (χ3n) is 4.69. The summed E-state index contributed by atoms with van der Waals surface area (Å²) in [5, 5.41) is 8.64. The summed E-state index contributed by atoms with van der Waals surface area (Å²) in [7, 11) is 0. The van der Waals surface area contributed by atoms with Crippen molar-refractivity contribution >= 4 is 17.7 Å². The molecular weight excluding hydrogens is 358 g/mol. The normalized spacial score (nSPS) is 14.3. The van der Waals surface area contributed by atoms with E-state index in [-0.39, 0.29) is 5.91 Å². The molecule has 0 saturated carbocycles. The van der Waals surface area contributed by atoms with Crippen LogP contribution >= 0.6 is 11.8 Å². The molecule has 2 aromatic heterocycles. The molecule has 0 N–H and O–H groups in total. The van der Waals surface area contributed by atoms with Crippen molar-refractivity contribution in [2.45, 2.75) is 13.3 Å². The second kappa shape index (κ2) is 7.92. The van der Waals surface area contributed by atoms with Crippen LogP contribution in [0.25, 0.3) is 16.9 Å². The molecule has 0 spiro atoms. The van der Waals surface area contributed by atoms with Crippen molar-refractivity contribution < 1.29 is 4.79 Å². The standard InChI is InChI=1S/C20H21N5OS/c1-2-15-4-3-5-17(14-15)25-19(16-6-8-21-9-7-16)18(22-23-25)20(26)24-10-12-27-13-11-24/h3-9,14H,2,10-13H2,1H3. The zero-order chi connectivity index (χ0) is 18.6. The molecule has 3 aromatic rings. The molecule has 1 aromatic carbocycles. The number of benzene rings is 1. The molecule has 1 fully saturated rings. The molecule has 0 aliphatic carbocycles. The fourth-order valence-corrected chi connectivity index (χ4v) is 4.10. The van der Waals surface area contributed by atoms with Crippen LogP contribution in [0.1, 0.15) is 23.0 Å². The van der Waals surface area contributed by atoms with Gasteiger partial charge < -0.3 is 4.90 Å². The first-order chi connectivity index (χ1) is 13.3. The fraction of sp³-hybridized carbons (Fsp3) is 0.300. The van der Waals surface area contributed by atoms with Crippen LogP contribution in [-0.2, 0) is 6.42 Å². The summed E-state index contributed by atoms with van der Waals surface area (Å²) in [5.41, 5.74) is 4.11. The van der Waals surface area contributed by atoms with Gasteiger partial charge in [-0.2, -0.15) is 11.8 Å². The van der Waals surface area contributed by atoms with Crippen LogP contribution in [0.5, 0.6) is 0 Å². The minimum Gasteiger partial charge on any atom is -0.336 e. The van der Waals surface area contributed by atoms with E-state index in [4.69, 9.17) is 0 Å². The van der Waals surface area contributed by atoms with Gasteiger partial charge in [0.2, 0.25) is 0 Å². The lowest BCUT2D eigenvalue weighted by atomic mass is 10.1. The van der Waals surface area contributed by atoms with E-state index in [0.717, 1.165) is 42.3 Å². The Hall–Kier alpha value is -2.67. The zero-order valence-corrected chi connectivity index (χ0v) is 16.0. The Morgan fingerprint density at radius 2 is 1.93 bits per heavy atom. The Labute approximate surface area is 162 Å². The topological polar surface area (TPSA) is 63.9 Å². The average Bonchev–Trinajstić information content (AvgIpc) is 3.19. The Morgan fingerprint density at radius 3 is 2.67 bits per heavy atom. The van der Waals surface area contributed by atoms with Gasteiger partial charge in [0, 0.05) is 42.6 Å². The molecule has 138 valence electrons. The largest absolute Gasteiger partial charge is 0.336 e. The van der Waals surface area contributed by atoms with Gasteiger partial charge in [-0.3, -0.25) is 9.78 Å². The third kappa shape index (κ3) is 3.60. The molecule has 0 atom stereocenters. The Kier molecular flexibility index (Phi) is 5.20. The smallest absolute Gasteiger partial charge is 0.276 e. The molecule has 6 nitrogen and oxygen atoms in total. The van der Waals surface area contributed by atoms with Crippen LogP contribution in [-0.4, -0.2) is 55.4 Å². The van der Waals surface area contributed by atoms with Gasteiger partial charge in [0.15, 0.2) is 5.69 Å². The van der Waals surface area contributed by atoms with Crippen molar-refractivity contribution in [3.8, 4) is 16.9 Å². The minimum absolute atomic E-state index is 0.0555. The first-order valence-corrected chi connectivity index (χ1v) is 10.3. The molecule has 27 heavy (non-hydrogen) atoms. The molecule has 1 amide bonds. The lowest BCUT2D eigenvalue weighted by molar-refractivity contribution is 0.0767. The highest BCUT2D eigenvalue weighted by molar-refractivity contribution is 7.99. The summed E-state index contributed by atoms with van der Waals surface area (Å²) in [6.45, 7) is 3.61. The minimum atomic E-state index is -0.0555. The van der Waals surface area contributed by atoms with Gasteiger partial charge in [0.05, 0.1) is 5.69 Å². The number of carbonyl (C=O) groups excluding carboxylic acids is 1. The van der Waals surface area contributed by atoms with Gasteiger partial charge in [0.1, 0.15) is 5.69 Å². The SMILES string of the molecule is CCc1cccc(-n2nnc(C(=O)N3CCSCC3)c2-c2ccncc2)c1. The average molecular weight is 379 g/mol. The van der Waals surface area contributed by atoms with Crippen LogP contribution in [0.15, 0.2) is 48.8 Å². The molecule has 0 bridgehead atoms. The molecule has 7 heteroatoms. The Morgan fingerprint density at radius 1 is 1.15 bits per heavy atom. The van der Waals surface area contributed by atoms with Crippen LogP contribution in [0.3, 0.4) is 0 Å². The lowest BCUT2D eigenvalue weighted by Gasteiger charge is -2.25. The quantitative estimate of drug-likeness (QED) is 0.697. The summed E-state index contributed by atoms with van der Waals surface area (Å²) in [6.07, 6.45) is 4.38. The molecule has 0 unspecified atom stereocenters. The maximum atomic E-state index is 13.1. The highest BCUT2D eigenvalue weighted by Gasteiger charge is 2.27. The number of nitrogens with zero attached hydrogens (tertiary/aromatic N) is 5. The van der Waals surface area contributed by atoms with Crippen LogP contribution in [0.2, 0.25) is 0 Å². The zero-order valence-electron chi connectivity index (χ0n) is 15.2. The number of amides is 1. The van der Waals surface area contributed by atoms with E-state index in [1.165, 1.54) is 5.56 Å². The van der Waals surface area contributed by atoms with E-state index in [1.807, 2.05) is 40.9 Å². The molecule has 1 aliphatic rings. The van der Waals surface area contributed by atoms with Gasteiger partial charge in [-0.1, -0.05) is 24.3 Å². The highest BCUT2D eigenvalue weighted by atomic mass is 32.2. The monoisotopic (exact) mass is 379 g/mol. The predicted octanol–water partition coefficient (Wildman–Crippen LogP) is 3.08. The molecule has 1 aliphatic heterocycles. The number of hydrogen-bond donors (Lipinski definition) is 0. The van der Waals surface area contributed by atoms with Crippen molar-refractivity contribution in [1.29, 1.82) is 0 Å². The first kappa shape index (κ1) is 17.7. The van der Waals surface area contributed by atoms with E-state index in [0.29, 0.717) is 11.4 Å². The van der Waals surface area contributed by atoms with Gasteiger partial charge in [-0.05, 0) is 36.2 Å². The van der Waals surface area contributed by atoms with Crippen molar-refractivity contribution in [1.82, 2.24) is 24.9 Å². The van der Waals surface area contributed by atoms with Crippen molar-refractivity contribution in [3.63, 3.8) is 0 Å². The number of thioether (sulfide) groups is 1. The van der Waals surface area contributed by atoms with Gasteiger partial charge in [-0.25, -0.2) is 4.68 Å².